The molecule has 0 amide bonds. The summed E-state index contributed by atoms with van der Waals surface area (Å²) in [5, 5.41) is 4.04. The second-order valence-corrected chi connectivity index (χ2v) is 16.9. The normalized spacial score (nSPS) is 12.1. The molecule has 12 aromatic rings. The summed E-state index contributed by atoms with van der Waals surface area (Å²) in [7, 11) is 0. The van der Waals surface area contributed by atoms with E-state index in [2.05, 4.69) is 158 Å². The van der Waals surface area contributed by atoms with Crippen LogP contribution in [0.15, 0.2) is 244 Å². The number of fused-ring (bicyclic) bond motifs is 7. The number of hydrogen-bond acceptors (Lipinski definition) is 5. The quantitative estimate of drug-likeness (QED) is 0.109. The summed E-state index contributed by atoms with van der Waals surface area (Å²) < 4.78 is 13.2. The van der Waals surface area contributed by atoms with Crippen molar-refractivity contribution in [3.05, 3.63) is 247 Å². The number of allylic oxidation sites excluding steroid dienone is 1. The van der Waals surface area contributed by atoms with Crippen molar-refractivity contribution in [2.75, 3.05) is 0 Å². The van der Waals surface area contributed by atoms with Crippen molar-refractivity contribution in [3.63, 3.8) is 0 Å². The van der Waals surface area contributed by atoms with Crippen molar-refractivity contribution in [1.29, 1.82) is 0 Å². The monoisotopic (exact) mass is 874 g/mol. The second kappa shape index (κ2) is 17.3. The maximum absolute atomic E-state index is 6.63. The Morgan fingerprint density at radius 3 is 1.53 bits per heavy atom. The average molecular weight is 875 g/mol. The molecule has 0 aliphatic carbocycles. The molecule has 0 saturated carbocycles. The zero-order chi connectivity index (χ0) is 45.4. The third-order valence-electron chi connectivity index (χ3n) is 12.6. The minimum absolute atomic E-state index is 0.470. The Morgan fingerprint density at radius 2 is 0.897 bits per heavy atom. The number of rotatable bonds is 10. The molecule has 3 heterocycles. The van der Waals surface area contributed by atoms with Gasteiger partial charge in [-0.15, -0.1) is 0 Å². The number of benzene rings is 9. The highest BCUT2D eigenvalue weighted by Crippen LogP contribution is 2.41. The van der Waals surface area contributed by atoms with Crippen LogP contribution in [0.1, 0.15) is 16.7 Å². The lowest BCUT2D eigenvalue weighted by Crippen LogP contribution is -2.13. The van der Waals surface area contributed by atoms with Crippen molar-refractivity contribution < 1.29 is 8.83 Å². The van der Waals surface area contributed by atoms with E-state index < -0.39 is 0 Å². The van der Waals surface area contributed by atoms with Gasteiger partial charge >= 0.3 is 0 Å². The lowest BCUT2D eigenvalue weighted by molar-refractivity contribution is 0.633. The van der Waals surface area contributed by atoms with E-state index in [-0.39, 0.29) is 0 Å². The Bertz CT molecular complexity index is 3820. The number of hydrogen-bond donors (Lipinski definition) is 1. The van der Waals surface area contributed by atoms with Gasteiger partial charge in [-0.05, 0) is 88.8 Å². The lowest BCUT2D eigenvalue weighted by atomic mass is 9.98. The van der Waals surface area contributed by atoms with E-state index in [1.54, 1.807) is 0 Å². The number of aromatic nitrogens is 2. The molecule has 3 aromatic heterocycles. The zero-order valence-electron chi connectivity index (χ0n) is 36.9. The van der Waals surface area contributed by atoms with Gasteiger partial charge in [-0.1, -0.05) is 176 Å². The minimum Gasteiger partial charge on any atom is -0.452 e. The number of nitrogens with zero attached hydrogens (tertiary/aromatic N) is 3. The molecule has 0 unspecified atom stereocenters. The van der Waals surface area contributed by atoms with Crippen LogP contribution < -0.4 is 5.73 Å². The summed E-state index contributed by atoms with van der Waals surface area (Å²) in [5.74, 6) is 1.16. The van der Waals surface area contributed by atoms with Gasteiger partial charge in [0, 0.05) is 49.4 Å². The zero-order valence-corrected chi connectivity index (χ0v) is 36.9. The van der Waals surface area contributed by atoms with Crippen molar-refractivity contribution in [2.24, 2.45) is 10.7 Å². The first kappa shape index (κ1) is 40.4. The Kier molecular flexibility index (Phi) is 10.3. The van der Waals surface area contributed by atoms with E-state index >= 15 is 0 Å². The Morgan fingerprint density at radius 1 is 0.412 bits per heavy atom. The molecule has 9 aromatic carbocycles. The summed E-state index contributed by atoms with van der Waals surface area (Å²) in [6.07, 6.45) is 2.87. The van der Waals surface area contributed by atoms with Crippen LogP contribution in [0.3, 0.4) is 0 Å². The van der Waals surface area contributed by atoms with Crippen LogP contribution in [0.5, 0.6) is 0 Å². The minimum atomic E-state index is 0.470. The van der Waals surface area contributed by atoms with E-state index in [1.807, 2.05) is 72.8 Å². The van der Waals surface area contributed by atoms with Crippen LogP contribution in [-0.2, 0) is 6.42 Å². The van der Waals surface area contributed by atoms with Crippen LogP contribution in [0, 0.1) is 0 Å². The maximum Gasteiger partial charge on any atom is 0.178 e. The Balaban J connectivity index is 0.888. The van der Waals surface area contributed by atoms with Gasteiger partial charge < -0.3 is 14.6 Å². The van der Waals surface area contributed by atoms with Gasteiger partial charge in [0.1, 0.15) is 17.0 Å². The molecule has 12 rings (SSSR count). The molecule has 0 aliphatic heterocycles. The third kappa shape index (κ3) is 7.80. The van der Waals surface area contributed by atoms with Crippen LogP contribution >= 0.6 is 0 Å². The van der Waals surface area contributed by atoms with E-state index in [0.29, 0.717) is 11.7 Å². The summed E-state index contributed by atoms with van der Waals surface area (Å²) in [5.41, 5.74) is 22.6. The highest BCUT2D eigenvalue weighted by molar-refractivity contribution is 6.19. The van der Waals surface area contributed by atoms with Crippen LogP contribution in [0.2, 0.25) is 0 Å². The predicted molar refractivity (Wildman–Crippen MR) is 279 cm³/mol. The van der Waals surface area contributed by atoms with Gasteiger partial charge in [0.25, 0.3) is 0 Å². The third-order valence-corrected chi connectivity index (χ3v) is 12.6. The smallest absolute Gasteiger partial charge is 0.178 e. The van der Waals surface area contributed by atoms with Crippen molar-refractivity contribution >= 4 is 55.4 Å². The van der Waals surface area contributed by atoms with E-state index in [9.17, 15) is 0 Å². The SMILES string of the molecule is NC(=N/C(=C\Cc1ccccc1)c1cccc(-c2ccc3oc4c(ccc5c6cc(-c7cccc(-c8cc(-c9ccccc9)nc(-c9ccccc9)n8)c7)ccc6oc54)c3c2)c1)c1ccccc1. The van der Waals surface area contributed by atoms with Gasteiger partial charge in [-0.25, -0.2) is 15.0 Å². The van der Waals surface area contributed by atoms with Crippen LogP contribution in [0.4, 0.5) is 0 Å². The van der Waals surface area contributed by atoms with Crippen LogP contribution in [-0.4, -0.2) is 15.8 Å². The number of furan rings is 2. The molecular formula is C62H42N4O2. The van der Waals surface area contributed by atoms with Crippen LogP contribution in [0.25, 0.3) is 106 Å². The molecule has 0 spiro atoms. The van der Waals surface area contributed by atoms with E-state index in [0.717, 1.165) is 117 Å². The molecule has 0 bridgehead atoms. The van der Waals surface area contributed by atoms with Crippen molar-refractivity contribution in [2.45, 2.75) is 6.42 Å². The summed E-state index contributed by atoms with van der Waals surface area (Å²) in [6.45, 7) is 0. The second-order valence-electron chi connectivity index (χ2n) is 16.9. The maximum atomic E-state index is 6.63. The van der Waals surface area contributed by atoms with Crippen molar-refractivity contribution in [3.8, 4) is 56.2 Å². The fourth-order valence-corrected chi connectivity index (χ4v) is 9.07. The first-order valence-corrected chi connectivity index (χ1v) is 22.7. The number of aliphatic imine (C=N–C) groups is 1. The fraction of sp³-hybridized carbons (Fsp3) is 0.0161. The largest absolute Gasteiger partial charge is 0.452 e. The van der Waals surface area contributed by atoms with Gasteiger partial charge in [-0.2, -0.15) is 0 Å². The Hall–Kier alpha value is -9.13. The fourth-order valence-electron chi connectivity index (χ4n) is 9.07. The molecule has 0 atom stereocenters. The van der Waals surface area contributed by atoms with E-state index in [4.69, 9.17) is 29.5 Å². The molecule has 0 saturated heterocycles. The first-order chi connectivity index (χ1) is 33.6. The molecular weight excluding hydrogens is 833 g/mol. The first-order valence-electron chi connectivity index (χ1n) is 22.7. The number of nitrogens with two attached hydrogens (primary N) is 1. The standard InChI is InChI=1S/C62H42N4O2/c63-61(42-19-9-3-10-20-42)64-54(32-27-40-15-5-1-6-16-40)48-25-13-23-44(35-48)46-28-33-57-52(37-46)50-30-31-51-53-38-47(29-34-58(53)68-60(51)59(50)67-57)45-24-14-26-49(36-45)56-39-55(41-17-7-2-8-18-41)65-62(66-56)43-21-11-4-12-22-43/h1-26,28-39H,27H2,(H2,63,64)/b54-32-. The van der Waals surface area contributed by atoms with Gasteiger partial charge in [-0.3, -0.25) is 0 Å². The molecule has 0 aliphatic rings. The Labute approximate surface area is 393 Å². The topological polar surface area (TPSA) is 90.4 Å². The molecule has 0 fully saturated rings. The lowest BCUT2D eigenvalue weighted by Gasteiger charge is -2.10. The van der Waals surface area contributed by atoms with E-state index in [1.165, 1.54) is 5.56 Å². The molecule has 6 nitrogen and oxygen atoms in total. The van der Waals surface area contributed by atoms with Gasteiger partial charge in [0.05, 0.1) is 17.1 Å². The number of amidine groups is 1. The summed E-state index contributed by atoms with van der Waals surface area (Å²) in [4.78, 5) is 15.1. The van der Waals surface area contributed by atoms with Gasteiger partial charge in [0.2, 0.25) is 0 Å². The molecule has 6 heteroatoms. The highest BCUT2D eigenvalue weighted by Gasteiger charge is 2.18. The highest BCUT2D eigenvalue weighted by atomic mass is 16.4. The van der Waals surface area contributed by atoms with Crippen molar-refractivity contribution in [1.82, 2.24) is 9.97 Å². The summed E-state index contributed by atoms with van der Waals surface area (Å²) >= 11 is 0. The molecule has 0 radical (unpaired) electrons. The molecule has 2 N–H and O–H groups in total. The molecule has 68 heavy (non-hydrogen) atoms. The predicted octanol–water partition coefficient (Wildman–Crippen LogP) is 15.6. The average Bonchev–Trinajstić information content (AvgIpc) is 3.99. The van der Waals surface area contributed by atoms with Gasteiger partial charge in [0.15, 0.2) is 17.0 Å². The molecule has 322 valence electrons. The summed E-state index contributed by atoms with van der Waals surface area (Å²) in [6, 6.07) is 76.9.